The highest BCUT2D eigenvalue weighted by Gasteiger charge is 2.21. The summed E-state index contributed by atoms with van der Waals surface area (Å²) in [6, 6.07) is 15.8. The van der Waals surface area contributed by atoms with Crippen LogP contribution in [0.3, 0.4) is 0 Å². The minimum Gasteiger partial charge on any atom is -0.480 e. The number of carbonyl (C=O) groups is 3. The summed E-state index contributed by atoms with van der Waals surface area (Å²) in [5.41, 5.74) is 2.84. The summed E-state index contributed by atoms with van der Waals surface area (Å²) in [7, 11) is 0. The normalized spacial score (nSPS) is 12.6. The maximum atomic E-state index is 12.1. The zero-order valence-corrected chi connectivity index (χ0v) is 16.1. The lowest BCUT2D eigenvalue weighted by Crippen LogP contribution is -2.42. The Labute approximate surface area is 165 Å². The summed E-state index contributed by atoms with van der Waals surface area (Å²) >= 11 is 0. The van der Waals surface area contributed by atoms with Crippen molar-refractivity contribution in [3.8, 4) is 0 Å². The highest BCUT2D eigenvalue weighted by atomic mass is 16.4. The van der Waals surface area contributed by atoms with Crippen LogP contribution >= 0.6 is 0 Å². The molecule has 0 saturated heterocycles. The van der Waals surface area contributed by atoms with Crippen molar-refractivity contribution < 1.29 is 19.5 Å². The second-order valence-corrected chi connectivity index (χ2v) is 6.85. The van der Waals surface area contributed by atoms with Gasteiger partial charge in [-0.05, 0) is 25.0 Å². The minimum atomic E-state index is -1.10. The van der Waals surface area contributed by atoms with E-state index in [1.807, 2.05) is 68.4 Å². The zero-order valence-electron chi connectivity index (χ0n) is 16.1. The van der Waals surface area contributed by atoms with Crippen LogP contribution in [0.5, 0.6) is 0 Å². The Bertz CT molecular complexity index is 820. The lowest BCUT2D eigenvalue weighted by atomic mass is 10.0. The topological polar surface area (TPSA) is 95.5 Å². The number of aliphatic carboxylic acids is 1. The molecule has 3 N–H and O–H groups in total. The van der Waals surface area contributed by atoms with Crippen LogP contribution in [0.1, 0.15) is 42.5 Å². The fourth-order valence-electron chi connectivity index (χ4n) is 2.91. The minimum absolute atomic E-state index is 0.000207. The first kappa shape index (κ1) is 21.2. The summed E-state index contributed by atoms with van der Waals surface area (Å²) in [6.45, 7) is 3.79. The lowest BCUT2D eigenvalue weighted by Gasteiger charge is -2.16. The van der Waals surface area contributed by atoms with Gasteiger partial charge in [0, 0.05) is 19.3 Å². The molecule has 0 saturated carbocycles. The standard InChI is InChI=1S/C22H26N2O4/c1-15-7-6-8-17(13-15)14-19(22(27)28)24-21(26)12-11-20(25)23-16(2)18-9-4-3-5-10-18/h3-10,13,16,19H,11-12,14H2,1-2H3,(H,23,25)(H,24,26)(H,27,28)/t16-,19+/m1/s1. The molecule has 0 fully saturated rings. The Balaban J connectivity index is 1.82. The van der Waals surface area contributed by atoms with E-state index >= 15 is 0 Å². The molecule has 6 nitrogen and oxygen atoms in total. The molecule has 148 valence electrons. The van der Waals surface area contributed by atoms with Gasteiger partial charge in [0.15, 0.2) is 0 Å². The van der Waals surface area contributed by atoms with Gasteiger partial charge in [0.25, 0.3) is 0 Å². The molecule has 2 rings (SSSR count). The maximum absolute atomic E-state index is 12.1. The van der Waals surface area contributed by atoms with Gasteiger partial charge in [0.05, 0.1) is 6.04 Å². The molecular weight excluding hydrogens is 356 g/mol. The zero-order chi connectivity index (χ0) is 20.5. The number of nitrogens with one attached hydrogen (secondary N) is 2. The second kappa shape index (κ2) is 10.3. The Hall–Kier alpha value is -3.15. The first-order valence-corrected chi connectivity index (χ1v) is 9.27. The number of carbonyl (C=O) groups excluding carboxylic acids is 2. The SMILES string of the molecule is Cc1cccc(C[C@H](NC(=O)CCC(=O)N[C@H](C)c2ccccc2)C(=O)O)c1. The van der Waals surface area contributed by atoms with Crippen molar-refractivity contribution >= 4 is 17.8 Å². The van der Waals surface area contributed by atoms with Gasteiger partial charge >= 0.3 is 5.97 Å². The molecule has 0 heterocycles. The van der Waals surface area contributed by atoms with E-state index in [-0.39, 0.29) is 31.2 Å². The summed E-state index contributed by atoms with van der Waals surface area (Å²) in [5.74, 6) is -1.81. The van der Waals surface area contributed by atoms with Crippen LogP contribution in [-0.4, -0.2) is 28.9 Å². The average Bonchev–Trinajstić information content (AvgIpc) is 2.66. The summed E-state index contributed by atoms with van der Waals surface area (Å²) in [5, 5.41) is 14.7. The monoisotopic (exact) mass is 382 g/mol. The van der Waals surface area contributed by atoms with Crippen molar-refractivity contribution in [1.29, 1.82) is 0 Å². The molecule has 0 bridgehead atoms. The number of rotatable bonds is 9. The van der Waals surface area contributed by atoms with E-state index in [1.165, 1.54) is 0 Å². The molecule has 0 aromatic heterocycles. The number of benzene rings is 2. The largest absolute Gasteiger partial charge is 0.480 e. The third-order valence-corrected chi connectivity index (χ3v) is 4.41. The van der Waals surface area contributed by atoms with Crippen molar-refractivity contribution in [3.05, 3.63) is 71.3 Å². The molecule has 2 aromatic rings. The predicted octanol–water partition coefficient (Wildman–Crippen LogP) is 2.76. The number of carboxylic acid groups (broad SMARTS) is 1. The molecule has 0 spiro atoms. The maximum Gasteiger partial charge on any atom is 0.326 e. The highest BCUT2D eigenvalue weighted by molar-refractivity contribution is 5.87. The number of hydrogen-bond acceptors (Lipinski definition) is 3. The van der Waals surface area contributed by atoms with Gasteiger partial charge in [-0.3, -0.25) is 9.59 Å². The smallest absolute Gasteiger partial charge is 0.326 e. The van der Waals surface area contributed by atoms with Crippen molar-refractivity contribution in [1.82, 2.24) is 10.6 Å². The van der Waals surface area contributed by atoms with E-state index in [0.29, 0.717) is 0 Å². The van der Waals surface area contributed by atoms with Gasteiger partial charge in [-0.2, -0.15) is 0 Å². The van der Waals surface area contributed by atoms with E-state index in [9.17, 15) is 19.5 Å². The summed E-state index contributed by atoms with van der Waals surface area (Å²) in [6.07, 6.45) is 0.130. The number of amides is 2. The van der Waals surface area contributed by atoms with E-state index in [2.05, 4.69) is 10.6 Å². The van der Waals surface area contributed by atoms with Crippen LogP contribution in [-0.2, 0) is 20.8 Å². The number of hydrogen-bond donors (Lipinski definition) is 3. The lowest BCUT2D eigenvalue weighted by molar-refractivity contribution is -0.141. The number of aryl methyl sites for hydroxylation is 1. The molecule has 0 aliphatic carbocycles. The van der Waals surface area contributed by atoms with Crippen molar-refractivity contribution in [2.75, 3.05) is 0 Å². The fourth-order valence-corrected chi connectivity index (χ4v) is 2.91. The average molecular weight is 382 g/mol. The van der Waals surface area contributed by atoms with Gasteiger partial charge in [-0.15, -0.1) is 0 Å². The third kappa shape index (κ3) is 6.87. The molecule has 0 radical (unpaired) electrons. The molecule has 0 aliphatic rings. The summed E-state index contributed by atoms with van der Waals surface area (Å²) in [4.78, 5) is 35.7. The number of carboxylic acids is 1. The Morgan fingerprint density at radius 1 is 0.929 bits per heavy atom. The fraction of sp³-hybridized carbons (Fsp3) is 0.318. The molecule has 2 atom stereocenters. The van der Waals surface area contributed by atoms with Gasteiger partial charge in [-0.1, -0.05) is 60.2 Å². The van der Waals surface area contributed by atoms with Crippen LogP contribution < -0.4 is 10.6 Å². The van der Waals surface area contributed by atoms with Crippen LogP contribution in [0.15, 0.2) is 54.6 Å². The quantitative estimate of drug-likeness (QED) is 0.621. The molecule has 28 heavy (non-hydrogen) atoms. The molecule has 2 amide bonds. The Morgan fingerprint density at radius 3 is 2.18 bits per heavy atom. The van der Waals surface area contributed by atoms with Crippen molar-refractivity contribution in [2.24, 2.45) is 0 Å². The van der Waals surface area contributed by atoms with Gasteiger partial charge < -0.3 is 15.7 Å². The Morgan fingerprint density at radius 2 is 1.57 bits per heavy atom. The molecule has 6 heteroatoms. The van der Waals surface area contributed by atoms with E-state index < -0.39 is 17.9 Å². The van der Waals surface area contributed by atoms with E-state index in [0.717, 1.165) is 16.7 Å². The third-order valence-electron chi connectivity index (χ3n) is 4.41. The predicted molar refractivity (Wildman–Crippen MR) is 107 cm³/mol. The molecule has 0 unspecified atom stereocenters. The van der Waals surface area contributed by atoms with Crippen LogP contribution in [0.25, 0.3) is 0 Å². The van der Waals surface area contributed by atoms with Gasteiger partial charge in [0.1, 0.15) is 6.04 Å². The first-order chi connectivity index (χ1) is 13.3. The van der Waals surface area contributed by atoms with Gasteiger partial charge in [-0.25, -0.2) is 4.79 Å². The molecule has 2 aromatic carbocycles. The molecular formula is C22H26N2O4. The van der Waals surface area contributed by atoms with Gasteiger partial charge in [0.2, 0.25) is 11.8 Å². The van der Waals surface area contributed by atoms with E-state index in [4.69, 9.17) is 0 Å². The van der Waals surface area contributed by atoms with E-state index in [1.54, 1.807) is 0 Å². The Kier molecular flexibility index (Phi) is 7.75. The summed E-state index contributed by atoms with van der Waals surface area (Å²) < 4.78 is 0. The van der Waals surface area contributed by atoms with Crippen LogP contribution in [0, 0.1) is 6.92 Å². The molecule has 0 aliphatic heterocycles. The van der Waals surface area contributed by atoms with Crippen molar-refractivity contribution in [3.63, 3.8) is 0 Å². The first-order valence-electron chi connectivity index (χ1n) is 9.27. The van der Waals surface area contributed by atoms with Crippen molar-refractivity contribution in [2.45, 2.75) is 45.2 Å². The van der Waals surface area contributed by atoms with Crippen LogP contribution in [0.2, 0.25) is 0 Å². The second-order valence-electron chi connectivity index (χ2n) is 6.85. The van der Waals surface area contributed by atoms with Crippen LogP contribution in [0.4, 0.5) is 0 Å². The highest BCUT2D eigenvalue weighted by Crippen LogP contribution is 2.11.